The highest BCUT2D eigenvalue weighted by Crippen LogP contribution is 2.52. The van der Waals surface area contributed by atoms with Crippen molar-refractivity contribution in [3.8, 4) is 0 Å². The number of alkyl halides is 6. The van der Waals surface area contributed by atoms with Gasteiger partial charge in [-0.15, -0.1) is 0 Å². The predicted molar refractivity (Wildman–Crippen MR) is 131 cm³/mol. The number of carbonyl (C=O) groups is 3. The number of fused-ring (bicyclic) bond motifs is 2. The van der Waals surface area contributed by atoms with E-state index in [9.17, 15) is 36.2 Å². The molecule has 4 rings (SSSR count). The van der Waals surface area contributed by atoms with Gasteiger partial charge in [0.15, 0.2) is 0 Å². The third-order valence-corrected chi connectivity index (χ3v) is 7.52. The molecule has 0 aromatic heterocycles. The van der Waals surface area contributed by atoms with Crippen molar-refractivity contribution in [3.05, 3.63) is 35.4 Å². The number of likely N-dealkylation sites (N-methyl/N-ethyl adjacent to an activating group) is 1. The van der Waals surface area contributed by atoms with Gasteiger partial charge < -0.3 is 25.3 Å². The van der Waals surface area contributed by atoms with Crippen molar-refractivity contribution in [2.75, 3.05) is 52.4 Å². The van der Waals surface area contributed by atoms with Crippen molar-refractivity contribution in [1.82, 2.24) is 14.7 Å². The van der Waals surface area contributed by atoms with Crippen LogP contribution in [0.25, 0.3) is 0 Å². The molecule has 0 saturated carbocycles. The Labute approximate surface area is 231 Å². The van der Waals surface area contributed by atoms with E-state index in [1.165, 1.54) is 11.1 Å². The van der Waals surface area contributed by atoms with E-state index in [4.69, 9.17) is 24.9 Å². The maximum atomic E-state index is 11.5. The molecular formula is C25H33F6N3O7. The summed E-state index contributed by atoms with van der Waals surface area (Å²) in [6.07, 6.45) is -8.94. The predicted octanol–water partition coefficient (Wildman–Crippen LogP) is 2.42. The van der Waals surface area contributed by atoms with Gasteiger partial charge in [0, 0.05) is 31.6 Å². The van der Waals surface area contributed by atoms with E-state index in [0.29, 0.717) is 0 Å². The molecule has 2 aliphatic heterocycles. The van der Waals surface area contributed by atoms with Crippen LogP contribution in [-0.4, -0.2) is 124 Å². The topological polar surface area (TPSA) is 142 Å². The lowest BCUT2D eigenvalue weighted by Gasteiger charge is -2.44. The second-order valence-corrected chi connectivity index (χ2v) is 9.88. The molecule has 41 heavy (non-hydrogen) atoms. The number of aliphatic hydroxyl groups is 1. The number of aliphatic carboxylic acids is 3. The maximum absolute atomic E-state index is 11.5. The first kappa shape index (κ1) is 34.3. The molecule has 2 fully saturated rings. The summed E-state index contributed by atoms with van der Waals surface area (Å²) in [5.74, 6) is -6.29. The number of aliphatic hydroxyl groups excluding tert-OH is 1. The summed E-state index contributed by atoms with van der Waals surface area (Å²) in [4.78, 5) is 35.8. The molecule has 232 valence electrons. The zero-order valence-corrected chi connectivity index (χ0v) is 22.2. The Bertz CT molecular complexity index is 1030. The Morgan fingerprint density at radius 1 is 0.829 bits per heavy atom. The first-order valence-electron chi connectivity index (χ1n) is 12.7. The van der Waals surface area contributed by atoms with E-state index in [2.05, 4.69) is 41.0 Å². The Morgan fingerprint density at radius 2 is 1.29 bits per heavy atom. The van der Waals surface area contributed by atoms with Gasteiger partial charge in [0.1, 0.15) is 0 Å². The van der Waals surface area contributed by atoms with Crippen LogP contribution in [0, 0.1) is 0 Å². The third kappa shape index (κ3) is 8.77. The van der Waals surface area contributed by atoms with Gasteiger partial charge in [0.25, 0.3) is 0 Å². The molecule has 1 aliphatic carbocycles. The second kappa shape index (κ2) is 13.8. The molecule has 2 saturated heterocycles. The fourth-order valence-electron chi connectivity index (χ4n) is 5.46. The minimum Gasteiger partial charge on any atom is -0.480 e. The van der Waals surface area contributed by atoms with Crippen molar-refractivity contribution in [2.45, 2.75) is 49.7 Å². The standard InChI is InChI=1S/C21H31N3O3.2C2HF3O2/c1-2-22-11-13-24(14-12-22)19-16-5-3-4-6-17(16)21(20(19)27)7-9-23(10-8-21)15-18(25)26;2*3-2(4,5)1(6)7/h3-6,19-20,27H,2,7-15H2,1H3,(H,25,26);2*(H,6,7)/t19-,20+;;/m1../s1. The van der Waals surface area contributed by atoms with Crippen molar-refractivity contribution < 1.29 is 61.2 Å². The average Bonchev–Trinajstić information content (AvgIpc) is 3.12. The molecule has 2 heterocycles. The SMILES string of the molecule is CCN1CCN([C@@H]2c3ccccc3C3(CCN(CC(=O)O)CC3)[C@H]2O)CC1.O=C(O)C(F)(F)F.O=C(O)C(F)(F)F. The highest BCUT2D eigenvalue weighted by molar-refractivity contribution is 5.73. The molecule has 0 bridgehead atoms. The minimum absolute atomic E-state index is 0.0613. The van der Waals surface area contributed by atoms with Crippen LogP contribution in [0.15, 0.2) is 24.3 Å². The number of benzene rings is 1. The molecule has 4 N–H and O–H groups in total. The smallest absolute Gasteiger partial charge is 0.480 e. The molecule has 1 aromatic rings. The third-order valence-electron chi connectivity index (χ3n) is 7.52. The Morgan fingerprint density at radius 3 is 1.71 bits per heavy atom. The largest absolute Gasteiger partial charge is 0.490 e. The van der Waals surface area contributed by atoms with E-state index < -0.39 is 36.4 Å². The van der Waals surface area contributed by atoms with E-state index >= 15 is 0 Å². The molecule has 0 radical (unpaired) electrons. The summed E-state index contributed by atoms with van der Waals surface area (Å²) in [7, 11) is 0. The number of likely N-dealkylation sites (tertiary alicyclic amines) is 1. The first-order valence-corrected chi connectivity index (χ1v) is 12.7. The van der Waals surface area contributed by atoms with Gasteiger partial charge in [-0.3, -0.25) is 14.6 Å². The molecule has 1 aromatic carbocycles. The molecule has 10 nitrogen and oxygen atoms in total. The van der Waals surface area contributed by atoms with Crippen LogP contribution in [0.2, 0.25) is 0 Å². The van der Waals surface area contributed by atoms with Gasteiger partial charge in [0.2, 0.25) is 0 Å². The Balaban J connectivity index is 0.000000349. The Kier molecular flexibility index (Phi) is 11.5. The summed E-state index contributed by atoms with van der Waals surface area (Å²) in [6, 6.07) is 8.60. The summed E-state index contributed by atoms with van der Waals surface area (Å²) < 4.78 is 63.5. The highest BCUT2D eigenvalue weighted by Gasteiger charge is 2.54. The molecule has 1 spiro atoms. The van der Waals surface area contributed by atoms with Crippen LogP contribution in [0.4, 0.5) is 26.3 Å². The van der Waals surface area contributed by atoms with Crippen LogP contribution >= 0.6 is 0 Å². The van der Waals surface area contributed by atoms with Gasteiger partial charge in [-0.1, -0.05) is 31.2 Å². The number of piperidine rings is 1. The van der Waals surface area contributed by atoms with Crippen molar-refractivity contribution in [1.29, 1.82) is 0 Å². The number of carboxylic acids is 3. The zero-order chi connectivity index (χ0) is 31.2. The molecule has 0 amide bonds. The van der Waals surface area contributed by atoms with Crippen LogP contribution in [0.1, 0.15) is 36.9 Å². The van der Waals surface area contributed by atoms with Crippen molar-refractivity contribution >= 4 is 17.9 Å². The number of nitrogens with zero attached hydrogens (tertiary/aromatic N) is 3. The maximum Gasteiger partial charge on any atom is 0.490 e. The lowest BCUT2D eigenvalue weighted by atomic mass is 9.72. The van der Waals surface area contributed by atoms with E-state index in [1.807, 2.05) is 4.90 Å². The first-order chi connectivity index (χ1) is 18.9. The summed E-state index contributed by atoms with van der Waals surface area (Å²) >= 11 is 0. The lowest BCUT2D eigenvalue weighted by Crippen LogP contribution is -2.53. The van der Waals surface area contributed by atoms with Crippen molar-refractivity contribution in [2.24, 2.45) is 0 Å². The summed E-state index contributed by atoms with van der Waals surface area (Å²) in [5.41, 5.74) is 2.33. The number of rotatable bonds is 4. The minimum atomic E-state index is -5.08. The Hall–Kier alpha value is -2.95. The van der Waals surface area contributed by atoms with Crippen LogP contribution < -0.4 is 0 Å². The monoisotopic (exact) mass is 601 g/mol. The fraction of sp³-hybridized carbons (Fsp3) is 0.640. The normalized spacial score (nSPS) is 23.0. The number of carboxylic acid groups (broad SMARTS) is 3. The van der Waals surface area contributed by atoms with Gasteiger partial charge in [-0.05, 0) is 43.6 Å². The van der Waals surface area contributed by atoms with Gasteiger partial charge >= 0.3 is 30.3 Å². The number of halogens is 6. The molecular weight excluding hydrogens is 568 g/mol. The van der Waals surface area contributed by atoms with Gasteiger partial charge in [-0.25, -0.2) is 9.59 Å². The zero-order valence-electron chi connectivity index (χ0n) is 22.2. The number of hydrogen-bond acceptors (Lipinski definition) is 7. The second-order valence-electron chi connectivity index (χ2n) is 9.88. The fourth-order valence-corrected chi connectivity index (χ4v) is 5.46. The number of hydrogen-bond donors (Lipinski definition) is 4. The lowest BCUT2D eigenvalue weighted by molar-refractivity contribution is -0.193. The van der Waals surface area contributed by atoms with E-state index in [-0.39, 0.29) is 18.0 Å². The quantitative estimate of drug-likeness (QED) is 0.380. The van der Waals surface area contributed by atoms with Crippen molar-refractivity contribution in [3.63, 3.8) is 0 Å². The molecule has 3 aliphatic rings. The van der Waals surface area contributed by atoms with Gasteiger partial charge in [-0.2, -0.15) is 26.3 Å². The summed E-state index contributed by atoms with van der Waals surface area (Å²) in [6.45, 7) is 8.94. The van der Waals surface area contributed by atoms with Crippen LogP contribution in [0.5, 0.6) is 0 Å². The van der Waals surface area contributed by atoms with Crippen LogP contribution in [0.3, 0.4) is 0 Å². The van der Waals surface area contributed by atoms with E-state index in [0.717, 1.165) is 58.7 Å². The summed E-state index contributed by atoms with van der Waals surface area (Å²) in [5, 5.41) is 34.9. The number of piperazine rings is 1. The van der Waals surface area contributed by atoms with Gasteiger partial charge in [0.05, 0.1) is 18.7 Å². The highest BCUT2D eigenvalue weighted by atomic mass is 19.4. The molecule has 0 unspecified atom stereocenters. The van der Waals surface area contributed by atoms with Crippen LogP contribution in [-0.2, 0) is 19.8 Å². The molecule has 2 atom stereocenters. The average molecular weight is 602 g/mol. The van der Waals surface area contributed by atoms with E-state index in [1.54, 1.807) is 0 Å². The molecule has 16 heteroatoms.